The summed E-state index contributed by atoms with van der Waals surface area (Å²) in [4.78, 5) is 25.5. The van der Waals surface area contributed by atoms with Crippen LogP contribution in [0.15, 0.2) is 29.1 Å². The number of H-pyrrole nitrogens is 1. The quantitative estimate of drug-likeness (QED) is 0.692. The summed E-state index contributed by atoms with van der Waals surface area (Å²) in [5.74, 6) is 0. The standard InChI is InChI=1S/C12H10N2O2/c15-6-10-11-8(5-13-10)7-3-1-2-4-9(7)14-12(11)16/h1-4,6,10,13H,5H2,(H,14,16). The second-order valence-corrected chi connectivity index (χ2v) is 3.89. The zero-order chi connectivity index (χ0) is 11.1. The van der Waals surface area contributed by atoms with E-state index in [-0.39, 0.29) is 5.56 Å². The first-order valence-electron chi connectivity index (χ1n) is 5.13. The summed E-state index contributed by atoms with van der Waals surface area (Å²) in [7, 11) is 0. The number of benzene rings is 1. The summed E-state index contributed by atoms with van der Waals surface area (Å²) in [6, 6.07) is 7.16. The Balaban J connectivity index is 2.43. The lowest BCUT2D eigenvalue weighted by Gasteiger charge is -2.04. The summed E-state index contributed by atoms with van der Waals surface area (Å²) < 4.78 is 0. The van der Waals surface area contributed by atoms with E-state index in [0.717, 1.165) is 22.8 Å². The minimum atomic E-state index is -0.469. The number of rotatable bonds is 1. The summed E-state index contributed by atoms with van der Waals surface area (Å²) in [5, 5.41) is 4.02. The molecule has 1 atom stereocenters. The van der Waals surface area contributed by atoms with Crippen molar-refractivity contribution in [3.05, 3.63) is 45.7 Å². The zero-order valence-electron chi connectivity index (χ0n) is 8.49. The van der Waals surface area contributed by atoms with E-state index in [2.05, 4.69) is 10.3 Å². The fourth-order valence-electron chi connectivity index (χ4n) is 2.28. The molecule has 1 unspecified atom stereocenters. The second kappa shape index (κ2) is 3.28. The van der Waals surface area contributed by atoms with Gasteiger partial charge in [0.15, 0.2) is 0 Å². The number of nitrogens with one attached hydrogen (secondary N) is 2. The molecule has 0 amide bonds. The summed E-state index contributed by atoms with van der Waals surface area (Å²) in [6.07, 6.45) is 0.774. The highest BCUT2D eigenvalue weighted by Crippen LogP contribution is 2.26. The molecule has 1 aliphatic heterocycles. The number of para-hydroxylation sites is 1. The minimum Gasteiger partial charge on any atom is -0.322 e. The van der Waals surface area contributed by atoms with E-state index in [9.17, 15) is 9.59 Å². The van der Waals surface area contributed by atoms with Crippen LogP contribution in [0.3, 0.4) is 0 Å². The number of pyridine rings is 1. The van der Waals surface area contributed by atoms with Gasteiger partial charge in [0.1, 0.15) is 6.29 Å². The Morgan fingerprint density at radius 2 is 2.12 bits per heavy atom. The Morgan fingerprint density at radius 1 is 1.31 bits per heavy atom. The molecule has 4 heteroatoms. The first kappa shape index (κ1) is 9.30. The van der Waals surface area contributed by atoms with Gasteiger partial charge >= 0.3 is 0 Å². The number of aldehydes is 1. The molecule has 0 saturated heterocycles. The molecule has 1 aromatic heterocycles. The third kappa shape index (κ3) is 1.13. The smallest absolute Gasteiger partial charge is 0.254 e. The van der Waals surface area contributed by atoms with Gasteiger partial charge in [-0.05, 0) is 11.6 Å². The Bertz CT molecular complexity index is 630. The van der Waals surface area contributed by atoms with E-state index < -0.39 is 6.04 Å². The maximum atomic E-state index is 11.8. The van der Waals surface area contributed by atoms with Gasteiger partial charge in [0.05, 0.1) is 6.04 Å². The molecular weight excluding hydrogens is 204 g/mol. The molecule has 1 aliphatic rings. The van der Waals surface area contributed by atoms with Crippen LogP contribution in [-0.2, 0) is 11.3 Å². The van der Waals surface area contributed by atoms with Crippen LogP contribution in [0, 0.1) is 0 Å². The third-order valence-electron chi connectivity index (χ3n) is 3.02. The summed E-state index contributed by atoms with van der Waals surface area (Å²) in [5.41, 5.74) is 2.15. The molecule has 1 aromatic carbocycles. The molecule has 16 heavy (non-hydrogen) atoms. The van der Waals surface area contributed by atoms with E-state index in [4.69, 9.17) is 0 Å². The van der Waals surface area contributed by atoms with Gasteiger partial charge in [-0.3, -0.25) is 10.1 Å². The van der Waals surface area contributed by atoms with Gasteiger partial charge in [-0.15, -0.1) is 0 Å². The first-order valence-corrected chi connectivity index (χ1v) is 5.13. The van der Waals surface area contributed by atoms with E-state index in [1.165, 1.54) is 0 Å². The highest BCUT2D eigenvalue weighted by atomic mass is 16.1. The average molecular weight is 214 g/mol. The highest BCUT2D eigenvalue weighted by molar-refractivity contribution is 5.85. The lowest BCUT2D eigenvalue weighted by Crippen LogP contribution is -2.20. The Morgan fingerprint density at radius 3 is 2.94 bits per heavy atom. The minimum absolute atomic E-state index is 0.171. The van der Waals surface area contributed by atoms with Crippen LogP contribution in [-0.4, -0.2) is 11.3 Å². The van der Waals surface area contributed by atoms with Crippen molar-refractivity contribution in [2.45, 2.75) is 12.6 Å². The largest absolute Gasteiger partial charge is 0.322 e. The van der Waals surface area contributed by atoms with Gasteiger partial charge < -0.3 is 9.78 Å². The van der Waals surface area contributed by atoms with E-state index in [0.29, 0.717) is 12.1 Å². The van der Waals surface area contributed by atoms with Crippen LogP contribution in [0.25, 0.3) is 10.9 Å². The van der Waals surface area contributed by atoms with E-state index >= 15 is 0 Å². The Labute approximate surface area is 91.3 Å². The monoisotopic (exact) mass is 214 g/mol. The van der Waals surface area contributed by atoms with Gasteiger partial charge in [-0.2, -0.15) is 0 Å². The summed E-state index contributed by atoms with van der Waals surface area (Å²) >= 11 is 0. The number of hydrogen-bond donors (Lipinski definition) is 2. The molecule has 2 aromatic rings. The van der Waals surface area contributed by atoms with Crippen LogP contribution < -0.4 is 10.9 Å². The maximum absolute atomic E-state index is 11.8. The highest BCUT2D eigenvalue weighted by Gasteiger charge is 2.26. The Kier molecular flexibility index (Phi) is 1.91. The van der Waals surface area contributed by atoms with Crippen molar-refractivity contribution in [2.24, 2.45) is 0 Å². The van der Waals surface area contributed by atoms with Crippen molar-refractivity contribution in [3.8, 4) is 0 Å². The molecule has 0 radical (unpaired) electrons. The molecule has 0 fully saturated rings. The van der Waals surface area contributed by atoms with Crippen molar-refractivity contribution >= 4 is 17.2 Å². The fourth-order valence-corrected chi connectivity index (χ4v) is 2.28. The molecular formula is C12H10N2O2. The van der Waals surface area contributed by atoms with Crippen LogP contribution in [0.2, 0.25) is 0 Å². The molecule has 80 valence electrons. The second-order valence-electron chi connectivity index (χ2n) is 3.89. The van der Waals surface area contributed by atoms with E-state index in [1.807, 2.05) is 24.3 Å². The van der Waals surface area contributed by atoms with Gasteiger partial charge in [0.25, 0.3) is 5.56 Å². The SMILES string of the molecule is O=CC1NCc2c1c(=O)[nH]c1ccccc21. The van der Waals surface area contributed by atoms with E-state index in [1.54, 1.807) is 0 Å². The molecule has 2 heterocycles. The summed E-state index contributed by atoms with van der Waals surface area (Å²) in [6.45, 7) is 0.573. The number of carbonyl (C=O) groups is 1. The molecule has 2 N–H and O–H groups in total. The first-order chi connectivity index (χ1) is 7.81. The van der Waals surface area contributed by atoms with Gasteiger partial charge in [-0.25, -0.2) is 0 Å². The van der Waals surface area contributed by atoms with Crippen molar-refractivity contribution in [3.63, 3.8) is 0 Å². The topological polar surface area (TPSA) is 62.0 Å². The normalized spacial score (nSPS) is 18.6. The maximum Gasteiger partial charge on any atom is 0.254 e. The Hall–Kier alpha value is -1.94. The lowest BCUT2D eigenvalue weighted by molar-refractivity contribution is -0.109. The molecule has 0 spiro atoms. The molecule has 4 nitrogen and oxygen atoms in total. The van der Waals surface area contributed by atoms with Crippen LogP contribution in [0.5, 0.6) is 0 Å². The number of fused-ring (bicyclic) bond motifs is 3. The van der Waals surface area contributed by atoms with Crippen molar-refractivity contribution in [1.82, 2.24) is 10.3 Å². The lowest BCUT2D eigenvalue weighted by atomic mass is 10.0. The number of hydrogen-bond acceptors (Lipinski definition) is 3. The third-order valence-corrected chi connectivity index (χ3v) is 3.02. The predicted octanol–water partition coefficient (Wildman–Crippen LogP) is 0.871. The molecule has 0 saturated carbocycles. The number of aromatic amines is 1. The zero-order valence-corrected chi connectivity index (χ0v) is 8.49. The van der Waals surface area contributed by atoms with Crippen molar-refractivity contribution in [1.29, 1.82) is 0 Å². The predicted molar refractivity (Wildman–Crippen MR) is 60.2 cm³/mol. The van der Waals surface area contributed by atoms with Crippen LogP contribution >= 0.6 is 0 Å². The fraction of sp³-hybridized carbons (Fsp3) is 0.167. The average Bonchev–Trinajstić information content (AvgIpc) is 2.74. The van der Waals surface area contributed by atoms with Crippen molar-refractivity contribution in [2.75, 3.05) is 0 Å². The molecule has 0 bridgehead atoms. The van der Waals surface area contributed by atoms with Crippen LogP contribution in [0.1, 0.15) is 17.2 Å². The van der Waals surface area contributed by atoms with Crippen molar-refractivity contribution < 1.29 is 4.79 Å². The van der Waals surface area contributed by atoms with Crippen LogP contribution in [0.4, 0.5) is 0 Å². The van der Waals surface area contributed by atoms with Gasteiger partial charge in [-0.1, -0.05) is 18.2 Å². The molecule has 3 rings (SSSR count). The van der Waals surface area contributed by atoms with Gasteiger partial charge in [0, 0.05) is 23.0 Å². The number of aromatic nitrogens is 1. The molecule has 0 aliphatic carbocycles. The number of carbonyl (C=O) groups excluding carboxylic acids is 1. The van der Waals surface area contributed by atoms with Gasteiger partial charge in [0.2, 0.25) is 0 Å².